The van der Waals surface area contributed by atoms with Crippen molar-refractivity contribution in [3.8, 4) is 125 Å². The molecule has 13 rings (SSSR count). The summed E-state index contributed by atoms with van der Waals surface area (Å²) in [4.78, 5) is 26.3. The first-order valence-corrected chi connectivity index (χ1v) is 22.4. The number of aromatic hydroxyl groups is 6. The molecule has 0 fully saturated rings. The van der Waals surface area contributed by atoms with Crippen LogP contribution in [-0.4, -0.2) is 60.5 Å². The van der Waals surface area contributed by atoms with Crippen LogP contribution >= 0.6 is 23.2 Å². The molecule has 0 atom stereocenters. The fourth-order valence-corrected chi connectivity index (χ4v) is 9.47. The minimum Gasteiger partial charge on any atom is -0.508 e. The lowest BCUT2D eigenvalue weighted by Gasteiger charge is -2.12. The second-order valence-corrected chi connectivity index (χ2v) is 17.0. The number of halogens is 2. The monoisotopic (exact) mass is 956 g/mol. The minimum atomic E-state index is -0.195. The smallest absolute Gasteiger partial charge is 0.227 e. The number of phenolic OH excluding ortho intramolecular Hbond substituents is 6. The topological polar surface area (TPSA) is 199 Å². The quantitative estimate of drug-likeness (QED) is 0.0977. The van der Waals surface area contributed by atoms with Crippen LogP contribution in [0.15, 0.2) is 170 Å². The highest BCUT2D eigenvalue weighted by molar-refractivity contribution is 6.31. The van der Waals surface area contributed by atoms with Gasteiger partial charge in [0.2, 0.25) is 10.6 Å². The molecule has 0 bridgehead atoms. The molecule has 0 spiro atoms. The minimum absolute atomic E-state index is 0.0880. The molecule has 0 amide bonds. The summed E-state index contributed by atoms with van der Waals surface area (Å²) in [7, 11) is 0. The van der Waals surface area contributed by atoms with Gasteiger partial charge in [-0.1, -0.05) is 103 Å². The predicted octanol–water partition coefficient (Wildman–Crippen LogP) is 13.2. The Morgan fingerprint density at radius 3 is 0.957 bits per heavy atom. The van der Waals surface area contributed by atoms with Crippen LogP contribution in [0.1, 0.15) is 0 Å². The third kappa shape index (κ3) is 7.82. The Kier molecular flexibility index (Phi) is 10.9. The summed E-state index contributed by atoms with van der Waals surface area (Å²) < 4.78 is 0. The Morgan fingerprint density at radius 1 is 0.257 bits per heavy atom. The van der Waals surface area contributed by atoms with Crippen molar-refractivity contribution in [3.05, 3.63) is 180 Å². The van der Waals surface area contributed by atoms with Gasteiger partial charge in [0, 0.05) is 29.3 Å². The predicted molar refractivity (Wildman–Crippen MR) is 272 cm³/mol. The lowest BCUT2D eigenvalue weighted by atomic mass is 9.98. The van der Waals surface area contributed by atoms with Crippen molar-refractivity contribution >= 4 is 44.7 Å². The summed E-state index contributed by atoms with van der Waals surface area (Å²) in [5.74, 6) is 0.771. The van der Waals surface area contributed by atoms with Crippen LogP contribution in [0.4, 0.5) is 0 Å². The Hall–Kier alpha value is -9.10. The first kappa shape index (κ1) is 43.5. The Balaban J connectivity index is 0.000000141. The number of rotatable bonds is 4. The first-order valence-electron chi connectivity index (χ1n) is 21.7. The van der Waals surface area contributed by atoms with Gasteiger partial charge in [0.1, 0.15) is 34.5 Å². The van der Waals surface area contributed by atoms with Crippen LogP contribution in [0.2, 0.25) is 10.6 Å². The van der Waals surface area contributed by atoms with Gasteiger partial charge in [0.25, 0.3) is 0 Å². The van der Waals surface area contributed by atoms with Crippen molar-refractivity contribution < 1.29 is 30.6 Å². The van der Waals surface area contributed by atoms with Crippen LogP contribution in [0.5, 0.6) is 34.5 Å². The highest BCUT2D eigenvalue weighted by atomic mass is 35.5. The second-order valence-electron chi connectivity index (χ2n) is 16.3. The van der Waals surface area contributed by atoms with Crippen molar-refractivity contribution in [1.82, 2.24) is 29.9 Å². The molecule has 70 heavy (non-hydrogen) atoms. The van der Waals surface area contributed by atoms with E-state index in [1.54, 1.807) is 6.07 Å². The van der Waals surface area contributed by atoms with Gasteiger partial charge < -0.3 is 30.6 Å². The van der Waals surface area contributed by atoms with Crippen molar-refractivity contribution in [2.45, 2.75) is 0 Å². The fraction of sp³-hybridized carbons (Fsp3) is 0. The number of nitrogens with zero attached hydrogens (tertiary/aromatic N) is 6. The van der Waals surface area contributed by atoms with Crippen LogP contribution in [-0.2, 0) is 0 Å². The van der Waals surface area contributed by atoms with Crippen LogP contribution in [0, 0.1) is 0 Å². The van der Waals surface area contributed by atoms with Crippen LogP contribution < -0.4 is 0 Å². The SMILES string of the molecule is Clc1nc(Cl)nc(-c2ccc3c4c(cccc24)-c2ccccc2-3)n1.Oc1ccc(-c2nc(-c3ccc(O)cc3O)nc(-c3ccc4c5c(cccc35)-c3ccccc3-4)n2)c(O)c1.Oc1cccc(O)c1. The van der Waals surface area contributed by atoms with E-state index >= 15 is 0 Å². The van der Waals surface area contributed by atoms with Gasteiger partial charge in [-0.15, -0.1) is 0 Å². The van der Waals surface area contributed by atoms with Crippen LogP contribution in [0.3, 0.4) is 0 Å². The van der Waals surface area contributed by atoms with E-state index in [1.807, 2.05) is 36.4 Å². The maximum Gasteiger partial charge on any atom is 0.227 e. The molecule has 0 aliphatic heterocycles. The fourth-order valence-electron chi connectivity index (χ4n) is 9.10. The lowest BCUT2D eigenvalue weighted by molar-refractivity contribution is 0.449. The number of benzene rings is 9. The molecule has 6 N–H and O–H groups in total. The molecule has 12 nitrogen and oxygen atoms in total. The zero-order valence-corrected chi connectivity index (χ0v) is 37.8. The number of hydrogen-bond acceptors (Lipinski definition) is 12. The van der Waals surface area contributed by atoms with E-state index in [-0.39, 0.29) is 56.7 Å². The molecule has 2 aliphatic rings. The summed E-state index contributed by atoms with van der Waals surface area (Å²) in [6.07, 6.45) is 0. The molecular weight excluding hydrogens is 924 g/mol. The molecule has 2 heterocycles. The summed E-state index contributed by atoms with van der Waals surface area (Å²) in [5, 5.41) is 62.6. The van der Waals surface area contributed by atoms with E-state index in [2.05, 4.69) is 92.7 Å². The molecule has 11 aromatic rings. The molecule has 0 saturated heterocycles. The summed E-state index contributed by atoms with van der Waals surface area (Å²) >= 11 is 11.9. The normalized spacial score (nSPS) is 11.3. The largest absolute Gasteiger partial charge is 0.508 e. The van der Waals surface area contributed by atoms with E-state index in [0.717, 1.165) is 38.4 Å². The van der Waals surface area contributed by atoms with Crippen molar-refractivity contribution in [3.63, 3.8) is 0 Å². The molecule has 9 aromatic carbocycles. The molecule has 338 valence electrons. The van der Waals surface area contributed by atoms with Crippen molar-refractivity contribution in [2.75, 3.05) is 0 Å². The highest BCUT2D eigenvalue weighted by Crippen LogP contribution is 2.50. The van der Waals surface area contributed by atoms with Gasteiger partial charge in [-0.3, -0.25) is 0 Å². The van der Waals surface area contributed by atoms with Crippen LogP contribution in [0.25, 0.3) is 112 Å². The highest BCUT2D eigenvalue weighted by Gasteiger charge is 2.26. The Bertz CT molecular complexity index is 3760. The zero-order chi connectivity index (χ0) is 48.2. The summed E-state index contributed by atoms with van der Waals surface area (Å²) in [6, 6.07) is 51.5. The molecule has 2 aromatic heterocycles. The van der Waals surface area contributed by atoms with E-state index in [4.69, 9.17) is 43.4 Å². The molecule has 0 radical (unpaired) electrons. The summed E-state index contributed by atoms with van der Waals surface area (Å²) in [6.45, 7) is 0. The first-order chi connectivity index (χ1) is 34.0. The standard InChI is InChI=1S/C31H19N3O4.C19H9Cl2N3.C6H6O2/c35-16-8-10-24(26(37)14-16)30-32-29(33-31(34-30)25-11-9-17(36)15-27(25)38)23-13-12-22-19-5-2-1-4-18(19)20-6-3-7-21(23)28(20)22;20-18-22-17(23-19(21)24-18)15-9-8-14-11-5-2-1-4-10(11)12-6-3-7-13(15)16(12)14;7-5-2-1-3-6(8)4-5/h1-15,35-38H;1-9H;1-4,7-8H. The Morgan fingerprint density at radius 2 is 0.571 bits per heavy atom. The van der Waals surface area contributed by atoms with E-state index in [0.29, 0.717) is 22.8 Å². The molecular formula is C56H34Cl2N6O6. The van der Waals surface area contributed by atoms with Gasteiger partial charge in [-0.25, -0.2) is 15.0 Å². The number of aromatic nitrogens is 6. The average molecular weight is 958 g/mol. The average Bonchev–Trinajstić information content (AvgIpc) is 3.86. The Labute approximate surface area is 408 Å². The molecule has 0 unspecified atom stereocenters. The molecule has 0 saturated carbocycles. The van der Waals surface area contributed by atoms with Gasteiger partial charge in [-0.2, -0.15) is 15.0 Å². The maximum absolute atomic E-state index is 10.6. The van der Waals surface area contributed by atoms with Gasteiger partial charge in [0.05, 0.1) is 11.1 Å². The summed E-state index contributed by atoms with van der Waals surface area (Å²) in [5.41, 5.74) is 11.8. The van der Waals surface area contributed by atoms with E-state index < -0.39 is 0 Å². The van der Waals surface area contributed by atoms with Gasteiger partial charge in [0.15, 0.2) is 23.3 Å². The molecule has 14 heteroatoms. The third-order valence-electron chi connectivity index (χ3n) is 12.1. The van der Waals surface area contributed by atoms with Crippen molar-refractivity contribution in [1.29, 1.82) is 0 Å². The lowest BCUT2D eigenvalue weighted by Crippen LogP contribution is -2.01. The number of fused-ring (bicyclic) bond motifs is 6. The third-order valence-corrected chi connectivity index (χ3v) is 12.4. The van der Waals surface area contributed by atoms with E-state index in [1.165, 1.54) is 93.4 Å². The van der Waals surface area contributed by atoms with Gasteiger partial charge in [-0.05, 0) is 138 Å². The number of hydrogen-bond donors (Lipinski definition) is 6. The maximum atomic E-state index is 10.6. The van der Waals surface area contributed by atoms with Crippen molar-refractivity contribution in [2.24, 2.45) is 0 Å². The zero-order valence-electron chi connectivity index (χ0n) is 36.3. The molecule has 2 aliphatic carbocycles. The van der Waals surface area contributed by atoms with Gasteiger partial charge >= 0.3 is 0 Å². The van der Waals surface area contributed by atoms with E-state index in [9.17, 15) is 20.4 Å². The number of phenols is 6. The second kappa shape index (κ2) is 17.5.